The lowest BCUT2D eigenvalue weighted by Crippen LogP contribution is -2.17. The van der Waals surface area contributed by atoms with Crippen LogP contribution < -0.4 is 9.64 Å². The van der Waals surface area contributed by atoms with E-state index in [1.807, 2.05) is 170 Å². The number of ether oxygens (including phenoxy) is 1. The van der Waals surface area contributed by atoms with E-state index >= 15 is 0 Å². The van der Waals surface area contributed by atoms with Gasteiger partial charge in [0.15, 0.2) is 0 Å². The van der Waals surface area contributed by atoms with Gasteiger partial charge < -0.3 is 45.7 Å². The minimum atomic E-state index is -4.73. The molecule has 0 saturated carbocycles. The van der Waals surface area contributed by atoms with Crippen molar-refractivity contribution in [1.29, 1.82) is 0 Å². The summed E-state index contributed by atoms with van der Waals surface area (Å²) in [6.07, 6.45) is 3.42. The van der Waals surface area contributed by atoms with E-state index in [1.165, 1.54) is 42.9 Å². The molecule has 520 valence electrons. The number of alkyl halides is 6. The van der Waals surface area contributed by atoms with Gasteiger partial charge in [0, 0.05) is 114 Å². The molecule has 0 radical (unpaired) electrons. The molecular formula is C76H67F7N8O10. The molecule has 0 saturated heterocycles. The van der Waals surface area contributed by atoms with Gasteiger partial charge in [0.1, 0.15) is 97.8 Å². The van der Waals surface area contributed by atoms with Gasteiger partial charge in [0.2, 0.25) is 11.8 Å². The van der Waals surface area contributed by atoms with E-state index in [0.717, 1.165) is 110 Å². The van der Waals surface area contributed by atoms with Crippen LogP contribution in [0.5, 0.6) is 5.88 Å². The van der Waals surface area contributed by atoms with Crippen LogP contribution in [-0.2, 0) is 6.18 Å². The maximum Gasteiger partial charge on any atom is 0.574 e. The van der Waals surface area contributed by atoms with Crippen molar-refractivity contribution in [3.63, 3.8) is 0 Å². The van der Waals surface area contributed by atoms with Crippen LogP contribution >= 0.6 is 0 Å². The Hall–Kier alpha value is -12.4. The third kappa shape index (κ3) is 23.4. The fourth-order valence-electron chi connectivity index (χ4n) is 8.65. The Balaban J connectivity index is 0.000000150. The summed E-state index contributed by atoms with van der Waals surface area (Å²) < 4.78 is 126. The number of hydrogen-bond donors (Lipinski definition) is 1. The number of rotatable bonds is 10. The highest BCUT2D eigenvalue weighted by Gasteiger charge is 2.33. The molecule has 0 aliphatic rings. The number of anilines is 1. The summed E-state index contributed by atoms with van der Waals surface area (Å²) in [6.45, 7) is 15.0. The predicted molar refractivity (Wildman–Crippen MR) is 364 cm³/mol. The number of aromatic carboxylic acids is 1. The maximum atomic E-state index is 12.5. The van der Waals surface area contributed by atoms with Crippen LogP contribution in [0.1, 0.15) is 62.2 Å². The number of aryl methyl sites for hydroxylation is 8. The van der Waals surface area contributed by atoms with E-state index < -0.39 is 36.0 Å². The van der Waals surface area contributed by atoms with Gasteiger partial charge in [-0.25, -0.2) is 24.7 Å². The Kier molecular flexibility index (Phi) is 25.5. The second-order valence-corrected chi connectivity index (χ2v) is 22.1. The molecule has 0 atom stereocenters. The fraction of sp³-hybridized carbons (Fsp3) is 0.158. The molecule has 0 amide bonds. The number of nitrogens with zero attached hydrogens (tertiary/aromatic N) is 8. The Morgan fingerprint density at radius 1 is 0.386 bits per heavy atom. The number of carboxylic acids is 1. The molecular weight excluding hydrogens is 1320 g/mol. The van der Waals surface area contributed by atoms with Crippen molar-refractivity contribution in [2.75, 3.05) is 19.0 Å². The number of carbonyl (C=O) groups is 1. The molecule has 25 heteroatoms. The van der Waals surface area contributed by atoms with Gasteiger partial charge in [-0.3, -0.25) is 15.0 Å². The Labute approximate surface area is 575 Å². The Morgan fingerprint density at radius 2 is 0.743 bits per heavy atom. The highest BCUT2D eigenvalue weighted by atomic mass is 19.4. The molecule has 14 aromatic heterocycles. The zero-order valence-electron chi connectivity index (χ0n) is 56.1. The smallest absolute Gasteiger partial charge is 0.477 e. The molecule has 0 bridgehead atoms. The molecule has 14 heterocycles. The second-order valence-electron chi connectivity index (χ2n) is 22.1. The lowest BCUT2D eigenvalue weighted by molar-refractivity contribution is -0.276. The maximum absolute atomic E-state index is 12.5. The third-order valence-electron chi connectivity index (χ3n) is 13.7. The van der Waals surface area contributed by atoms with Crippen molar-refractivity contribution < 1.29 is 76.3 Å². The normalized spacial score (nSPS) is 10.7. The minimum Gasteiger partial charge on any atom is -0.477 e. The summed E-state index contributed by atoms with van der Waals surface area (Å²) in [5.74, 6) is 9.86. The largest absolute Gasteiger partial charge is 0.574 e. The van der Waals surface area contributed by atoms with E-state index in [9.17, 15) is 35.5 Å². The molecule has 0 aliphatic heterocycles. The van der Waals surface area contributed by atoms with E-state index in [1.54, 1.807) is 62.6 Å². The van der Waals surface area contributed by atoms with Gasteiger partial charge >= 0.3 is 18.5 Å². The number of aromatic nitrogens is 7. The topological polar surface area (TPSA) is 232 Å². The van der Waals surface area contributed by atoms with Crippen LogP contribution in [0.3, 0.4) is 0 Å². The van der Waals surface area contributed by atoms with Crippen LogP contribution in [-0.4, -0.2) is 66.4 Å². The number of furan rings is 7. The zero-order valence-corrected chi connectivity index (χ0v) is 56.1. The Morgan fingerprint density at radius 3 is 1.01 bits per heavy atom. The van der Waals surface area contributed by atoms with E-state index in [4.69, 9.17) is 36.0 Å². The zero-order chi connectivity index (χ0) is 72.8. The van der Waals surface area contributed by atoms with Gasteiger partial charge in [0.05, 0.1) is 0 Å². The summed E-state index contributed by atoms with van der Waals surface area (Å²) >= 11 is 0. The molecule has 18 nitrogen and oxygen atoms in total. The molecule has 0 fully saturated rings. The minimum absolute atomic E-state index is 0.0297. The van der Waals surface area contributed by atoms with Gasteiger partial charge in [-0.05, 0) is 219 Å². The quantitative estimate of drug-likeness (QED) is 0.0990. The second kappa shape index (κ2) is 34.7. The van der Waals surface area contributed by atoms with Gasteiger partial charge in [-0.1, -0.05) is 0 Å². The van der Waals surface area contributed by atoms with Gasteiger partial charge in [0.25, 0.3) is 0 Å². The lowest BCUT2D eigenvalue weighted by Gasteiger charge is -2.10. The molecule has 1 N–H and O–H groups in total. The van der Waals surface area contributed by atoms with Crippen molar-refractivity contribution in [2.45, 2.75) is 67.9 Å². The molecule has 101 heavy (non-hydrogen) atoms. The number of halogens is 7. The van der Waals surface area contributed by atoms with Crippen molar-refractivity contribution in [3.8, 4) is 85.1 Å². The highest BCUT2D eigenvalue weighted by Crippen LogP contribution is 2.31. The summed E-state index contributed by atoms with van der Waals surface area (Å²) in [5, 5.41) is 8.66. The average molecular weight is 1390 g/mol. The average Bonchev–Trinajstić information content (AvgIpc) is 1.85. The molecule has 0 unspecified atom stereocenters. The number of carboxylic acid groups (broad SMARTS) is 1. The van der Waals surface area contributed by atoms with Crippen LogP contribution in [0.25, 0.3) is 79.3 Å². The van der Waals surface area contributed by atoms with Crippen LogP contribution in [0, 0.1) is 61.3 Å². The predicted octanol–water partition coefficient (Wildman–Crippen LogP) is 20.7. The van der Waals surface area contributed by atoms with Crippen molar-refractivity contribution in [2.24, 2.45) is 0 Å². The van der Waals surface area contributed by atoms with Crippen molar-refractivity contribution >= 4 is 11.8 Å². The number of pyridine rings is 7. The monoisotopic (exact) mass is 1380 g/mol. The van der Waals surface area contributed by atoms with Gasteiger partial charge in [-0.15, -0.1) is 13.2 Å². The molecule has 0 aliphatic carbocycles. The fourth-order valence-corrected chi connectivity index (χ4v) is 8.65. The first-order valence-corrected chi connectivity index (χ1v) is 30.6. The first-order chi connectivity index (χ1) is 48.1. The van der Waals surface area contributed by atoms with E-state index in [0.29, 0.717) is 39.9 Å². The van der Waals surface area contributed by atoms with Crippen LogP contribution in [0.2, 0.25) is 0 Å². The SMILES string of the molecule is Cc1ccc(-c2ccc(C(=O)O)nc2)o1.Cc1ccc(-c2ccc(C(F)(F)F)nc2)o1.Cc1ccc(-c2ccc(C)o2)cn1.Cc1ccc(-c2ccc(F)nc2)o1.Cc1ccc(-c2ccc(N(C)C)nc2)o1.Cc1ccc(-c2ccc(OC(F)(F)F)nc2)o1.Cc1ccc(-c2cccnc2)o1. The molecule has 14 aromatic rings. The standard InChI is InChI=1S/C12H14N2O.C11H8F3NO2.C11H8F3NO.C11H9NO3.C11H11NO.C10H8FNO.C10H9NO/c1-9-4-6-11(15-9)10-5-7-12(13-8-10)14(2)3;1-7-2-4-9(16-7)8-3-5-10(15-6-8)17-11(12,13)14;1-7-2-4-9(16-7)8-3-5-10(15-6-8)11(12,13)14;1-7-2-5-10(15-7)8-3-4-9(11(13)14)12-6-8;1-8-3-5-10(7-12-8)11-6-4-9(2)13-11;1-7-2-4-9(13-7)8-3-5-10(11)12-6-8;1-8-4-5-10(12-8)9-3-2-6-11-7-9/h4-8H,1-3H3;2-6H,1H3;2-6H,1H3;2-6H,1H3,(H,13,14);3-7H,1-2H3;2-6H,1H3;2-7H,1H3. The summed E-state index contributed by atoms with van der Waals surface area (Å²) in [6, 6.07) is 48.8. The van der Waals surface area contributed by atoms with Crippen LogP contribution in [0.15, 0.2) is 250 Å². The highest BCUT2D eigenvalue weighted by molar-refractivity contribution is 5.85. The summed E-state index contributed by atoms with van der Waals surface area (Å²) in [5.41, 5.74) is 5.88. The van der Waals surface area contributed by atoms with E-state index in [2.05, 4.69) is 39.6 Å². The molecule has 14 rings (SSSR count). The van der Waals surface area contributed by atoms with Crippen LogP contribution in [0.4, 0.5) is 36.6 Å². The lowest BCUT2D eigenvalue weighted by atomic mass is 10.2. The van der Waals surface area contributed by atoms with Crippen molar-refractivity contribution in [1.82, 2.24) is 34.9 Å². The van der Waals surface area contributed by atoms with Crippen molar-refractivity contribution in [3.05, 3.63) is 283 Å². The van der Waals surface area contributed by atoms with Gasteiger partial charge in [-0.2, -0.15) is 17.6 Å². The first-order valence-electron chi connectivity index (χ1n) is 30.6. The summed E-state index contributed by atoms with van der Waals surface area (Å²) in [7, 11) is 3.94. The van der Waals surface area contributed by atoms with E-state index in [-0.39, 0.29) is 5.69 Å². The summed E-state index contributed by atoms with van der Waals surface area (Å²) in [4.78, 5) is 39.3. The Bertz CT molecular complexity index is 4720. The first kappa shape index (κ1) is 74.4. The third-order valence-corrected chi connectivity index (χ3v) is 13.7. The molecule has 0 spiro atoms. The molecule has 0 aromatic carbocycles. The number of hydrogen-bond acceptors (Lipinski definition) is 17.